The maximum Gasteiger partial charge on any atom is 0.472 e. The van der Waals surface area contributed by atoms with Crippen LogP contribution < -0.4 is 0 Å². The van der Waals surface area contributed by atoms with Gasteiger partial charge in [0.25, 0.3) is 0 Å². The lowest BCUT2D eigenvalue weighted by molar-refractivity contribution is -0.161. The molecule has 0 aromatic rings. The first-order valence-corrected chi connectivity index (χ1v) is 30.0. The molecule has 0 aromatic heterocycles. The van der Waals surface area contributed by atoms with E-state index < -0.39 is 57.8 Å². The second kappa shape index (κ2) is 52.8. The minimum Gasteiger partial charge on any atom is -0.462 e. The fourth-order valence-electron chi connectivity index (χ4n) is 7.78. The highest BCUT2D eigenvalue weighted by Crippen LogP contribution is 2.43. The Bertz CT molecular complexity index is 1360. The summed E-state index contributed by atoms with van der Waals surface area (Å²) in [4.78, 5) is 48.4. The number of carbonyl (C=O) groups excluding carboxylic acids is 3. The average molecular weight is 1010 g/mol. The van der Waals surface area contributed by atoms with Gasteiger partial charge in [-0.3, -0.25) is 23.4 Å². The van der Waals surface area contributed by atoms with Gasteiger partial charge in [0.1, 0.15) is 12.7 Å². The number of rotatable bonds is 53. The van der Waals surface area contributed by atoms with Crippen molar-refractivity contribution in [2.24, 2.45) is 0 Å². The summed E-state index contributed by atoms with van der Waals surface area (Å²) in [5, 5.41) is 9.78. The highest BCUT2D eigenvalue weighted by Gasteiger charge is 2.28. The second-order valence-corrected chi connectivity index (χ2v) is 20.5. The van der Waals surface area contributed by atoms with Gasteiger partial charge in [-0.2, -0.15) is 0 Å². The zero-order chi connectivity index (χ0) is 51.3. The lowest BCUT2D eigenvalue weighted by Crippen LogP contribution is -2.30. The van der Waals surface area contributed by atoms with Crippen LogP contribution in [0, 0.1) is 0 Å². The van der Waals surface area contributed by atoms with E-state index in [1.165, 1.54) is 96.3 Å². The van der Waals surface area contributed by atoms with Crippen LogP contribution >= 0.6 is 7.82 Å². The van der Waals surface area contributed by atoms with Crippen LogP contribution in [0.2, 0.25) is 0 Å². The normalized spacial score (nSPS) is 13.7. The first-order chi connectivity index (χ1) is 34.2. The van der Waals surface area contributed by atoms with Crippen molar-refractivity contribution < 1.29 is 52.2 Å². The van der Waals surface area contributed by atoms with E-state index in [2.05, 4.69) is 69.4 Å². The Kier molecular flexibility index (Phi) is 50.8. The maximum absolute atomic E-state index is 12.9. The van der Waals surface area contributed by atoms with Gasteiger partial charge < -0.3 is 24.2 Å². The molecule has 11 nitrogen and oxygen atoms in total. The van der Waals surface area contributed by atoms with E-state index in [0.29, 0.717) is 19.3 Å². The quantitative estimate of drug-likeness (QED) is 0.0197. The lowest BCUT2D eigenvalue weighted by atomic mass is 10.1. The van der Waals surface area contributed by atoms with E-state index in [9.17, 15) is 28.9 Å². The highest BCUT2D eigenvalue weighted by molar-refractivity contribution is 7.47. The molecule has 0 saturated carbocycles. The smallest absolute Gasteiger partial charge is 0.462 e. The van der Waals surface area contributed by atoms with Crippen molar-refractivity contribution in [1.29, 1.82) is 0 Å². The summed E-state index contributed by atoms with van der Waals surface area (Å²) in [6.45, 7) is 4.52. The van der Waals surface area contributed by atoms with Gasteiger partial charge in [0.2, 0.25) is 0 Å². The topological polar surface area (TPSA) is 155 Å². The molecule has 70 heavy (non-hydrogen) atoms. The maximum atomic E-state index is 12.9. The third-order valence-corrected chi connectivity index (χ3v) is 13.1. The lowest BCUT2D eigenvalue weighted by Gasteiger charge is -2.21. The molecule has 0 aliphatic heterocycles. The molecule has 0 bridgehead atoms. The fraction of sp³-hybridized carbons (Fsp3) is 0.810. The predicted molar refractivity (Wildman–Crippen MR) is 289 cm³/mol. The predicted octanol–water partition coefficient (Wildman–Crippen LogP) is 16.6. The fourth-order valence-corrected chi connectivity index (χ4v) is 8.57. The van der Waals surface area contributed by atoms with Crippen LogP contribution in [0.25, 0.3) is 0 Å². The zero-order valence-corrected chi connectivity index (χ0v) is 45.9. The largest absolute Gasteiger partial charge is 0.472 e. The minimum atomic E-state index is -4.75. The summed E-state index contributed by atoms with van der Waals surface area (Å²) in [7, 11) is -4.75. The molecule has 0 aromatic carbocycles. The van der Waals surface area contributed by atoms with Crippen LogP contribution in [-0.2, 0) is 42.2 Å². The van der Waals surface area contributed by atoms with Crippen molar-refractivity contribution in [2.45, 2.75) is 277 Å². The molecule has 408 valence electrons. The number of hydrogen-bond acceptors (Lipinski definition) is 10. The number of aliphatic hydroxyl groups excluding tert-OH is 1. The number of carbonyl (C=O) groups is 3. The number of phosphoric acid groups is 1. The summed E-state index contributed by atoms with van der Waals surface area (Å²) >= 11 is 0. The number of allylic oxidation sites excluding steroid dienone is 8. The summed E-state index contributed by atoms with van der Waals surface area (Å²) in [5.74, 6) is -1.48. The van der Waals surface area contributed by atoms with E-state index in [0.717, 1.165) is 109 Å². The third-order valence-electron chi connectivity index (χ3n) is 12.2. The molecule has 0 amide bonds. The van der Waals surface area contributed by atoms with Gasteiger partial charge >= 0.3 is 25.7 Å². The first kappa shape index (κ1) is 67.4. The molecular weight excluding hydrogens is 904 g/mol. The number of aliphatic hydroxyl groups is 1. The Morgan fingerprint density at radius 2 is 0.743 bits per heavy atom. The highest BCUT2D eigenvalue weighted by atomic mass is 31.2. The number of phosphoric ester groups is 1. The number of esters is 3. The van der Waals surface area contributed by atoms with E-state index in [1.807, 2.05) is 0 Å². The van der Waals surface area contributed by atoms with E-state index >= 15 is 0 Å². The van der Waals surface area contributed by atoms with Crippen molar-refractivity contribution in [3.63, 3.8) is 0 Å². The molecule has 0 fully saturated rings. The monoisotopic (exact) mass is 1010 g/mol. The summed E-state index contributed by atoms with van der Waals surface area (Å²) < 4.78 is 39.4. The number of ether oxygens (including phenoxy) is 3. The van der Waals surface area contributed by atoms with Gasteiger partial charge in [-0.05, 0) is 89.9 Å². The SMILES string of the molecule is CCC/C=C\C/C=C\CCCCCCCC(=O)OC(COC(=O)CCCCCCCCCCC/C=C\CCCCCCCC)COP(=O)(O)OCC(CO)OC(=O)CCCCCCC/C=C\CCCC. The molecule has 3 unspecified atom stereocenters. The van der Waals surface area contributed by atoms with Crippen LogP contribution in [0.5, 0.6) is 0 Å². The van der Waals surface area contributed by atoms with Gasteiger partial charge in [-0.1, -0.05) is 204 Å². The standard InChI is InChI=1S/C58H105O11P/c1-4-7-10-13-16-19-22-24-25-26-27-28-29-31-33-35-38-41-44-47-56(60)65-51-55(69-58(62)49-46-43-40-37-34-30-23-20-17-14-11-8-5-2)53-67-70(63,64)66-52-54(50-59)68-57(61)48-45-42-39-36-32-21-18-15-12-9-6-3/h11,14-15,18,20,23-25,54-55,59H,4-10,12-13,16-17,19,21-22,26-53H2,1-3H3,(H,63,64)/b14-11-,18-15-,23-20-,25-24-. The van der Waals surface area contributed by atoms with E-state index in [4.69, 9.17) is 23.3 Å². The van der Waals surface area contributed by atoms with Gasteiger partial charge in [0.15, 0.2) is 6.10 Å². The van der Waals surface area contributed by atoms with Crippen molar-refractivity contribution in [3.05, 3.63) is 48.6 Å². The summed E-state index contributed by atoms with van der Waals surface area (Å²) in [6.07, 6.45) is 55.1. The van der Waals surface area contributed by atoms with Crippen molar-refractivity contribution in [3.8, 4) is 0 Å². The molecule has 0 heterocycles. The van der Waals surface area contributed by atoms with Crippen LogP contribution in [0.4, 0.5) is 0 Å². The molecular formula is C58H105O11P. The Balaban J connectivity index is 4.69. The molecule has 0 aliphatic carbocycles. The van der Waals surface area contributed by atoms with Crippen LogP contribution in [0.1, 0.15) is 265 Å². The van der Waals surface area contributed by atoms with Gasteiger partial charge in [-0.15, -0.1) is 0 Å². The molecule has 0 saturated heterocycles. The van der Waals surface area contributed by atoms with Crippen LogP contribution in [0.3, 0.4) is 0 Å². The molecule has 0 radical (unpaired) electrons. The second-order valence-electron chi connectivity index (χ2n) is 19.1. The van der Waals surface area contributed by atoms with Crippen LogP contribution in [-0.4, -0.2) is 66.5 Å². The third kappa shape index (κ3) is 50.4. The van der Waals surface area contributed by atoms with Gasteiger partial charge in [-0.25, -0.2) is 4.57 Å². The average Bonchev–Trinajstić information content (AvgIpc) is 3.35. The van der Waals surface area contributed by atoms with Crippen LogP contribution in [0.15, 0.2) is 48.6 Å². The summed E-state index contributed by atoms with van der Waals surface area (Å²) in [5.41, 5.74) is 0. The minimum absolute atomic E-state index is 0.152. The Hall–Kier alpha value is -2.56. The van der Waals surface area contributed by atoms with Gasteiger partial charge in [0.05, 0.1) is 19.8 Å². The molecule has 3 atom stereocenters. The first-order valence-electron chi connectivity index (χ1n) is 28.5. The van der Waals surface area contributed by atoms with Crippen molar-refractivity contribution in [2.75, 3.05) is 26.4 Å². The van der Waals surface area contributed by atoms with E-state index in [1.54, 1.807) is 0 Å². The Morgan fingerprint density at radius 1 is 0.400 bits per heavy atom. The Labute approximate surface area is 428 Å². The van der Waals surface area contributed by atoms with Gasteiger partial charge in [0, 0.05) is 19.3 Å². The summed E-state index contributed by atoms with van der Waals surface area (Å²) in [6, 6.07) is 0. The van der Waals surface area contributed by atoms with E-state index in [-0.39, 0.29) is 25.9 Å². The van der Waals surface area contributed by atoms with Crippen molar-refractivity contribution in [1.82, 2.24) is 0 Å². The number of hydrogen-bond donors (Lipinski definition) is 2. The number of unbranched alkanes of at least 4 members (excludes halogenated alkanes) is 28. The molecule has 0 rings (SSSR count). The zero-order valence-electron chi connectivity index (χ0n) is 45.0. The Morgan fingerprint density at radius 3 is 1.17 bits per heavy atom. The molecule has 2 N–H and O–H groups in total. The molecule has 12 heteroatoms. The molecule has 0 aliphatic rings. The van der Waals surface area contributed by atoms with Crippen molar-refractivity contribution >= 4 is 25.7 Å². The molecule has 0 spiro atoms.